The number of carbonyl (C=O) groups excluding carboxylic acids is 1. The van der Waals surface area contributed by atoms with Crippen LogP contribution >= 0.6 is 11.8 Å². The first-order valence-electron chi connectivity index (χ1n) is 9.45. The predicted molar refractivity (Wildman–Crippen MR) is 110 cm³/mol. The highest BCUT2D eigenvalue weighted by Gasteiger charge is 2.28. The van der Waals surface area contributed by atoms with Crippen LogP contribution in [0, 0.1) is 6.92 Å². The van der Waals surface area contributed by atoms with Crippen molar-refractivity contribution in [2.45, 2.75) is 24.3 Å². The number of thioether (sulfide) groups is 1. The number of aromatic nitrogens is 7. The van der Waals surface area contributed by atoms with Crippen molar-refractivity contribution in [2.75, 3.05) is 5.75 Å². The van der Waals surface area contributed by atoms with E-state index in [1.54, 1.807) is 16.4 Å². The van der Waals surface area contributed by atoms with E-state index in [2.05, 4.69) is 36.0 Å². The Morgan fingerprint density at radius 1 is 1.23 bits per heavy atom. The molecule has 0 aliphatic carbocycles. The molecule has 1 aliphatic rings. The van der Waals surface area contributed by atoms with E-state index in [9.17, 15) is 4.79 Å². The third kappa shape index (κ3) is 3.57. The third-order valence-electron chi connectivity index (χ3n) is 4.84. The molecule has 9 nitrogen and oxygen atoms in total. The zero-order valence-corrected chi connectivity index (χ0v) is 16.9. The molecule has 30 heavy (non-hydrogen) atoms. The van der Waals surface area contributed by atoms with Gasteiger partial charge in [-0.15, -0.1) is 22.0 Å². The summed E-state index contributed by atoms with van der Waals surface area (Å²) in [5.74, 6) is 1.55. The molecule has 2 aromatic carbocycles. The minimum absolute atomic E-state index is 0.0999. The highest BCUT2D eigenvalue weighted by Crippen LogP contribution is 2.33. The van der Waals surface area contributed by atoms with Crippen LogP contribution in [0.4, 0.5) is 0 Å². The Kier molecular flexibility index (Phi) is 4.75. The second-order valence-electron chi connectivity index (χ2n) is 7.02. The van der Waals surface area contributed by atoms with Gasteiger partial charge in [-0.2, -0.15) is 4.68 Å². The minimum Gasteiger partial charge on any atom is -0.338 e. The number of fused-ring (bicyclic) bond motifs is 3. The number of nitrogens with one attached hydrogen (secondary N) is 2. The lowest BCUT2D eigenvalue weighted by atomic mass is 10.1. The van der Waals surface area contributed by atoms with Gasteiger partial charge in [-0.25, -0.2) is 4.98 Å². The van der Waals surface area contributed by atoms with E-state index in [1.165, 1.54) is 5.56 Å². The van der Waals surface area contributed by atoms with Crippen LogP contribution in [0.2, 0.25) is 0 Å². The van der Waals surface area contributed by atoms with Gasteiger partial charge in [-0.05, 0) is 35.0 Å². The van der Waals surface area contributed by atoms with Gasteiger partial charge in [0.2, 0.25) is 5.82 Å². The second kappa shape index (κ2) is 7.71. The summed E-state index contributed by atoms with van der Waals surface area (Å²) in [6.45, 7) is 2.04. The molecule has 0 spiro atoms. The maximum absolute atomic E-state index is 12.8. The van der Waals surface area contributed by atoms with Gasteiger partial charge in [0.1, 0.15) is 11.9 Å². The zero-order chi connectivity index (χ0) is 20.5. The van der Waals surface area contributed by atoms with Crippen molar-refractivity contribution in [1.82, 2.24) is 40.7 Å². The lowest BCUT2D eigenvalue weighted by Gasteiger charge is -2.13. The molecule has 5 rings (SSSR count). The maximum atomic E-state index is 12.8. The van der Waals surface area contributed by atoms with Crippen LogP contribution in [0.3, 0.4) is 0 Å². The van der Waals surface area contributed by atoms with E-state index in [0.29, 0.717) is 23.8 Å². The number of benzene rings is 2. The molecule has 0 radical (unpaired) electrons. The van der Waals surface area contributed by atoms with Gasteiger partial charge < -0.3 is 5.32 Å². The summed E-state index contributed by atoms with van der Waals surface area (Å²) in [6, 6.07) is 15.7. The van der Waals surface area contributed by atoms with Crippen molar-refractivity contribution in [3.63, 3.8) is 0 Å². The Balaban J connectivity index is 1.33. The number of rotatable bonds is 4. The second-order valence-corrected chi connectivity index (χ2v) is 8.08. The van der Waals surface area contributed by atoms with Gasteiger partial charge in [0, 0.05) is 17.1 Å². The standard InChI is InChI=1S/C20H18N8OS/c1-12-6-8-13(9-7-12)10-17-22-18(24-23-17)20(29)21-14-11-30-16-5-3-2-4-15(16)28-19(14)25-26-27-28/h2-9,14H,10-11H2,1H3,(H,21,29)(H,22,23,24)/t14-/m0/s1. The van der Waals surface area contributed by atoms with Crippen molar-refractivity contribution < 1.29 is 4.79 Å². The fourth-order valence-electron chi connectivity index (χ4n) is 3.29. The maximum Gasteiger partial charge on any atom is 0.291 e. The van der Waals surface area contributed by atoms with E-state index >= 15 is 0 Å². The molecule has 1 aliphatic heterocycles. The monoisotopic (exact) mass is 418 g/mol. The number of amides is 1. The normalized spacial score (nSPS) is 15.2. The smallest absolute Gasteiger partial charge is 0.291 e. The average molecular weight is 418 g/mol. The van der Waals surface area contributed by atoms with Crippen molar-refractivity contribution in [2.24, 2.45) is 0 Å². The first-order valence-corrected chi connectivity index (χ1v) is 10.4. The van der Waals surface area contributed by atoms with Crippen LogP contribution in [-0.2, 0) is 6.42 Å². The lowest BCUT2D eigenvalue weighted by Crippen LogP contribution is -2.32. The van der Waals surface area contributed by atoms with E-state index in [-0.39, 0.29) is 17.8 Å². The fourth-order valence-corrected chi connectivity index (χ4v) is 4.34. The molecule has 1 atom stereocenters. The van der Waals surface area contributed by atoms with Gasteiger partial charge in [-0.1, -0.05) is 42.0 Å². The lowest BCUT2D eigenvalue weighted by molar-refractivity contribution is 0.0928. The van der Waals surface area contributed by atoms with Crippen molar-refractivity contribution in [3.05, 3.63) is 77.1 Å². The number of para-hydroxylation sites is 1. The summed E-state index contributed by atoms with van der Waals surface area (Å²) in [7, 11) is 0. The summed E-state index contributed by atoms with van der Waals surface area (Å²) in [5, 5.41) is 21.9. The van der Waals surface area contributed by atoms with Crippen molar-refractivity contribution in [1.29, 1.82) is 0 Å². The summed E-state index contributed by atoms with van der Waals surface area (Å²) >= 11 is 1.63. The van der Waals surface area contributed by atoms with Gasteiger partial charge in [0.15, 0.2) is 5.82 Å². The Hall–Kier alpha value is -3.53. The SMILES string of the molecule is Cc1ccc(Cc2nc(C(=O)N[C@H]3CSc4ccccc4-n4nnnc43)n[nH]2)cc1. The van der Waals surface area contributed by atoms with Crippen LogP contribution in [0.15, 0.2) is 53.4 Å². The van der Waals surface area contributed by atoms with E-state index in [1.807, 2.05) is 55.5 Å². The van der Waals surface area contributed by atoms with Crippen molar-refractivity contribution >= 4 is 17.7 Å². The Morgan fingerprint density at radius 2 is 2.07 bits per heavy atom. The quantitative estimate of drug-likeness (QED) is 0.522. The van der Waals surface area contributed by atoms with E-state index in [0.717, 1.165) is 16.1 Å². The number of H-pyrrole nitrogens is 1. The van der Waals surface area contributed by atoms with Crippen LogP contribution in [-0.4, -0.2) is 47.0 Å². The Bertz CT molecular complexity index is 1200. The minimum atomic E-state index is -0.371. The average Bonchev–Trinajstić information content (AvgIpc) is 3.40. The summed E-state index contributed by atoms with van der Waals surface area (Å²) in [6.07, 6.45) is 0.577. The van der Waals surface area contributed by atoms with Gasteiger partial charge >= 0.3 is 0 Å². The molecular formula is C20H18N8OS. The first-order chi connectivity index (χ1) is 14.7. The largest absolute Gasteiger partial charge is 0.338 e. The van der Waals surface area contributed by atoms with Crippen LogP contribution in [0.1, 0.15) is 39.4 Å². The molecule has 0 fully saturated rings. The summed E-state index contributed by atoms with van der Waals surface area (Å²) < 4.78 is 1.67. The van der Waals surface area contributed by atoms with Crippen LogP contribution < -0.4 is 5.32 Å². The number of nitrogens with zero attached hydrogens (tertiary/aromatic N) is 6. The number of aromatic amines is 1. The molecule has 4 aromatic rings. The Labute approximate surface area is 176 Å². The molecule has 150 valence electrons. The molecule has 0 saturated carbocycles. The van der Waals surface area contributed by atoms with Gasteiger partial charge in [0.25, 0.3) is 5.91 Å². The topological polar surface area (TPSA) is 114 Å². The molecule has 0 unspecified atom stereocenters. The molecule has 1 amide bonds. The number of aryl methyl sites for hydroxylation is 1. The van der Waals surface area contributed by atoms with Crippen LogP contribution in [0.5, 0.6) is 0 Å². The molecule has 2 N–H and O–H groups in total. The summed E-state index contributed by atoms with van der Waals surface area (Å²) in [5.41, 5.74) is 3.19. The van der Waals surface area contributed by atoms with E-state index < -0.39 is 0 Å². The first kappa shape index (κ1) is 18.5. The fraction of sp³-hybridized carbons (Fsp3) is 0.200. The number of tetrazole rings is 1. The molecule has 0 saturated heterocycles. The van der Waals surface area contributed by atoms with Gasteiger partial charge in [-0.3, -0.25) is 9.89 Å². The molecule has 0 bridgehead atoms. The highest BCUT2D eigenvalue weighted by atomic mass is 32.2. The number of hydrogen-bond donors (Lipinski definition) is 2. The van der Waals surface area contributed by atoms with Crippen LogP contribution in [0.25, 0.3) is 5.69 Å². The predicted octanol–water partition coefficient (Wildman–Crippen LogP) is 2.26. The molecule has 2 aromatic heterocycles. The highest BCUT2D eigenvalue weighted by molar-refractivity contribution is 7.99. The number of carbonyl (C=O) groups is 1. The third-order valence-corrected chi connectivity index (χ3v) is 5.99. The summed E-state index contributed by atoms with van der Waals surface area (Å²) in [4.78, 5) is 18.2. The van der Waals surface area contributed by atoms with Crippen molar-refractivity contribution in [3.8, 4) is 5.69 Å². The molecule has 3 heterocycles. The Morgan fingerprint density at radius 3 is 2.93 bits per heavy atom. The number of hydrogen-bond acceptors (Lipinski definition) is 7. The zero-order valence-electron chi connectivity index (χ0n) is 16.1. The molecular weight excluding hydrogens is 400 g/mol. The molecule has 10 heteroatoms. The van der Waals surface area contributed by atoms with E-state index in [4.69, 9.17) is 0 Å². The van der Waals surface area contributed by atoms with Gasteiger partial charge in [0.05, 0.1) is 5.69 Å².